The van der Waals surface area contributed by atoms with Crippen LogP contribution in [0.3, 0.4) is 0 Å². The lowest BCUT2D eigenvalue weighted by Crippen LogP contribution is -2.12. The fourth-order valence-electron chi connectivity index (χ4n) is 3.10. The lowest BCUT2D eigenvalue weighted by Gasteiger charge is -2.09. The molecule has 0 saturated heterocycles. The van der Waals surface area contributed by atoms with Crippen LogP contribution in [0.15, 0.2) is 48.5 Å². The Bertz CT molecular complexity index is 1300. The molecule has 1 N–H and O–H groups in total. The van der Waals surface area contributed by atoms with Gasteiger partial charge in [0.15, 0.2) is 0 Å². The minimum absolute atomic E-state index is 0.290. The molecule has 0 spiro atoms. The molecule has 1 aromatic heterocycles. The van der Waals surface area contributed by atoms with Crippen LogP contribution in [0.2, 0.25) is 10.0 Å². The third-order valence-electron chi connectivity index (χ3n) is 4.75. The Balaban J connectivity index is 1.64. The van der Waals surface area contributed by atoms with E-state index in [1.165, 1.54) is 11.9 Å². The molecular weight excluding hydrogens is 439 g/mol. The standard InChI is InChI=1S/C22H18Cl2N4O3/c1-12-8-18-19(27-28(26-18)14-5-7-21(31-3)16(24)10-14)11-17(12)25-22(29)13-4-6-20(30-2)15(23)9-13/h4-11H,1-3H3,(H,25,29). The molecule has 0 bridgehead atoms. The third kappa shape index (κ3) is 4.15. The maximum Gasteiger partial charge on any atom is 0.255 e. The number of halogens is 2. The van der Waals surface area contributed by atoms with Gasteiger partial charge in [-0.25, -0.2) is 0 Å². The van der Waals surface area contributed by atoms with Crippen molar-refractivity contribution >= 4 is 45.8 Å². The second kappa shape index (κ2) is 8.45. The molecule has 31 heavy (non-hydrogen) atoms. The second-order valence-electron chi connectivity index (χ2n) is 6.77. The van der Waals surface area contributed by atoms with Crippen molar-refractivity contribution < 1.29 is 14.3 Å². The summed E-state index contributed by atoms with van der Waals surface area (Å²) in [6.07, 6.45) is 0. The van der Waals surface area contributed by atoms with Gasteiger partial charge in [-0.3, -0.25) is 4.79 Å². The van der Waals surface area contributed by atoms with Crippen molar-refractivity contribution in [3.8, 4) is 17.2 Å². The first kappa shape index (κ1) is 21.0. The van der Waals surface area contributed by atoms with Crippen LogP contribution >= 0.6 is 23.2 Å². The molecule has 0 saturated carbocycles. The van der Waals surface area contributed by atoms with E-state index in [4.69, 9.17) is 32.7 Å². The van der Waals surface area contributed by atoms with Gasteiger partial charge in [-0.15, -0.1) is 10.2 Å². The maximum absolute atomic E-state index is 12.7. The summed E-state index contributed by atoms with van der Waals surface area (Å²) in [5.74, 6) is 0.786. The van der Waals surface area contributed by atoms with E-state index < -0.39 is 0 Å². The summed E-state index contributed by atoms with van der Waals surface area (Å²) in [5.41, 5.74) is 3.90. The predicted molar refractivity (Wildman–Crippen MR) is 121 cm³/mol. The van der Waals surface area contributed by atoms with Crippen LogP contribution < -0.4 is 14.8 Å². The van der Waals surface area contributed by atoms with Crippen molar-refractivity contribution in [3.63, 3.8) is 0 Å². The molecule has 0 aliphatic heterocycles. The summed E-state index contributed by atoms with van der Waals surface area (Å²) >= 11 is 12.3. The van der Waals surface area contributed by atoms with Crippen molar-refractivity contribution in [2.75, 3.05) is 19.5 Å². The van der Waals surface area contributed by atoms with E-state index in [1.807, 2.05) is 19.1 Å². The van der Waals surface area contributed by atoms with Gasteiger partial charge in [0.1, 0.15) is 22.5 Å². The number of anilines is 1. The monoisotopic (exact) mass is 456 g/mol. The Morgan fingerprint density at radius 3 is 2.13 bits per heavy atom. The summed E-state index contributed by atoms with van der Waals surface area (Å²) in [4.78, 5) is 14.2. The lowest BCUT2D eigenvalue weighted by molar-refractivity contribution is 0.102. The average molecular weight is 457 g/mol. The number of rotatable bonds is 5. The topological polar surface area (TPSA) is 78.3 Å². The molecule has 158 valence electrons. The minimum atomic E-state index is -0.290. The highest BCUT2D eigenvalue weighted by Crippen LogP contribution is 2.28. The highest BCUT2D eigenvalue weighted by Gasteiger charge is 2.14. The average Bonchev–Trinajstić information content (AvgIpc) is 3.16. The molecular formula is C22H18Cl2N4O3. The zero-order valence-electron chi connectivity index (χ0n) is 16.9. The van der Waals surface area contributed by atoms with E-state index in [-0.39, 0.29) is 5.91 Å². The lowest BCUT2D eigenvalue weighted by atomic mass is 10.1. The van der Waals surface area contributed by atoms with E-state index >= 15 is 0 Å². The molecule has 0 atom stereocenters. The van der Waals surface area contributed by atoms with E-state index in [9.17, 15) is 4.79 Å². The fraction of sp³-hybridized carbons (Fsp3) is 0.136. The number of amides is 1. The third-order valence-corrected chi connectivity index (χ3v) is 5.35. The van der Waals surface area contributed by atoms with Crippen molar-refractivity contribution in [2.45, 2.75) is 6.92 Å². The molecule has 0 unspecified atom stereocenters. The number of carbonyl (C=O) groups excluding carboxylic acids is 1. The van der Waals surface area contributed by atoms with Crippen molar-refractivity contribution in [1.29, 1.82) is 0 Å². The summed E-state index contributed by atoms with van der Waals surface area (Å²) < 4.78 is 10.3. The number of nitrogens with one attached hydrogen (secondary N) is 1. The SMILES string of the molecule is COc1ccc(C(=O)Nc2cc3nn(-c4ccc(OC)c(Cl)c4)nc3cc2C)cc1Cl. The van der Waals surface area contributed by atoms with E-state index in [0.29, 0.717) is 49.5 Å². The van der Waals surface area contributed by atoms with Crippen LogP contribution in [0.25, 0.3) is 16.7 Å². The van der Waals surface area contributed by atoms with Crippen LogP contribution in [-0.2, 0) is 0 Å². The van der Waals surface area contributed by atoms with Crippen LogP contribution in [-0.4, -0.2) is 35.1 Å². The second-order valence-corrected chi connectivity index (χ2v) is 7.58. The summed E-state index contributed by atoms with van der Waals surface area (Å²) in [7, 11) is 3.08. The maximum atomic E-state index is 12.7. The fourth-order valence-corrected chi connectivity index (χ4v) is 3.61. The molecule has 3 aromatic carbocycles. The van der Waals surface area contributed by atoms with Gasteiger partial charge in [-0.2, -0.15) is 4.80 Å². The van der Waals surface area contributed by atoms with E-state index in [2.05, 4.69) is 15.5 Å². The smallest absolute Gasteiger partial charge is 0.255 e. The number of ether oxygens (including phenoxy) is 2. The van der Waals surface area contributed by atoms with Crippen molar-refractivity contribution in [3.05, 3.63) is 69.7 Å². The molecule has 0 aliphatic rings. The largest absolute Gasteiger partial charge is 0.495 e. The van der Waals surface area contributed by atoms with Crippen LogP contribution in [0, 0.1) is 6.92 Å². The minimum Gasteiger partial charge on any atom is -0.495 e. The molecule has 9 heteroatoms. The number of aryl methyl sites for hydroxylation is 1. The van der Waals surface area contributed by atoms with Crippen molar-refractivity contribution in [2.24, 2.45) is 0 Å². The number of hydrogen-bond acceptors (Lipinski definition) is 5. The van der Waals surface area contributed by atoms with Crippen LogP contribution in [0.4, 0.5) is 5.69 Å². The number of fused-ring (bicyclic) bond motifs is 1. The molecule has 0 radical (unpaired) electrons. The number of nitrogens with zero attached hydrogens (tertiary/aromatic N) is 3. The summed E-state index contributed by atoms with van der Waals surface area (Å²) in [6.45, 7) is 1.89. The Morgan fingerprint density at radius 2 is 1.52 bits per heavy atom. The van der Waals surface area contributed by atoms with Gasteiger partial charge >= 0.3 is 0 Å². The van der Waals surface area contributed by atoms with Crippen molar-refractivity contribution in [1.82, 2.24) is 15.0 Å². The van der Waals surface area contributed by atoms with Gasteiger partial charge in [0.2, 0.25) is 0 Å². The number of methoxy groups -OCH3 is 2. The molecule has 4 rings (SSSR count). The molecule has 4 aromatic rings. The van der Waals surface area contributed by atoms with Gasteiger partial charge < -0.3 is 14.8 Å². The molecule has 1 amide bonds. The van der Waals surface area contributed by atoms with E-state index in [1.54, 1.807) is 43.5 Å². The van der Waals surface area contributed by atoms with Gasteiger partial charge in [-0.1, -0.05) is 23.2 Å². The number of hydrogen-bond donors (Lipinski definition) is 1. The Hall–Kier alpha value is -3.29. The van der Waals surface area contributed by atoms with Gasteiger partial charge in [0, 0.05) is 11.3 Å². The molecule has 1 heterocycles. The van der Waals surface area contributed by atoms with Crippen LogP contribution in [0.5, 0.6) is 11.5 Å². The van der Waals surface area contributed by atoms with Crippen LogP contribution in [0.1, 0.15) is 15.9 Å². The van der Waals surface area contributed by atoms with E-state index in [0.717, 1.165) is 5.56 Å². The quantitative estimate of drug-likeness (QED) is 0.440. The molecule has 0 fully saturated rings. The first-order valence-electron chi connectivity index (χ1n) is 9.26. The predicted octanol–water partition coefficient (Wildman–Crippen LogP) is 5.31. The normalized spacial score (nSPS) is 10.9. The van der Waals surface area contributed by atoms with Gasteiger partial charge in [-0.05, 0) is 61.0 Å². The number of carbonyl (C=O) groups is 1. The number of benzene rings is 3. The summed E-state index contributed by atoms with van der Waals surface area (Å²) in [5, 5.41) is 12.8. The first-order valence-corrected chi connectivity index (χ1v) is 10.0. The number of aromatic nitrogens is 3. The first-order chi connectivity index (χ1) is 14.9. The summed E-state index contributed by atoms with van der Waals surface area (Å²) in [6, 6.07) is 13.8. The molecule has 0 aliphatic carbocycles. The highest BCUT2D eigenvalue weighted by atomic mass is 35.5. The van der Waals surface area contributed by atoms with Gasteiger partial charge in [0.05, 0.1) is 30.0 Å². The Morgan fingerprint density at radius 1 is 0.903 bits per heavy atom. The molecule has 7 nitrogen and oxygen atoms in total. The zero-order valence-corrected chi connectivity index (χ0v) is 18.5. The Labute approximate surface area is 188 Å². The zero-order chi connectivity index (χ0) is 22.1. The van der Waals surface area contributed by atoms with Gasteiger partial charge in [0.25, 0.3) is 5.91 Å². The Kier molecular flexibility index (Phi) is 5.71. The highest BCUT2D eigenvalue weighted by molar-refractivity contribution is 6.32.